The first kappa shape index (κ1) is 15.3. The summed E-state index contributed by atoms with van der Waals surface area (Å²) in [6.45, 7) is 3.74. The summed E-state index contributed by atoms with van der Waals surface area (Å²) in [5.41, 5.74) is 1.06. The van der Waals surface area contributed by atoms with Gasteiger partial charge in [-0.1, -0.05) is 6.92 Å². The van der Waals surface area contributed by atoms with Crippen LogP contribution in [0.15, 0.2) is 30.9 Å². The normalized spacial score (nSPS) is 12.1. The molecule has 0 amide bonds. The van der Waals surface area contributed by atoms with Crippen molar-refractivity contribution in [2.75, 3.05) is 20.8 Å². The lowest BCUT2D eigenvalue weighted by Crippen LogP contribution is -2.27. The molecule has 0 fully saturated rings. The molecule has 6 heteroatoms. The van der Waals surface area contributed by atoms with Crippen LogP contribution in [0.25, 0.3) is 0 Å². The Labute approximate surface area is 125 Å². The predicted octanol–water partition coefficient (Wildman–Crippen LogP) is 2.04. The Morgan fingerprint density at radius 1 is 1.29 bits per heavy atom. The second-order valence-electron chi connectivity index (χ2n) is 4.73. The molecule has 1 N–H and O–H groups in total. The van der Waals surface area contributed by atoms with E-state index < -0.39 is 0 Å². The number of methoxy groups -OCH3 is 2. The third-order valence-electron chi connectivity index (χ3n) is 3.29. The standard InChI is InChI=1S/C15H22N4O2/c1-4-7-17-14(9-19-11-16-10-18-19)13-8-12(20-2)5-6-15(13)21-3/h5-6,8,10-11,14,17H,4,7,9H2,1-3H3. The summed E-state index contributed by atoms with van der Waals surface area (Å²) < 4.78 is 12.6. The van der Waals surface area contributed by atoms with E-state index >= 15 is 0 Å². The van der Waals surface area contributed by atoms with Crippen LogP contribution in [-0.4, -0.2) is 35.5 Å². The van der Waals surface area contributed by atoms with Crippen molar-refractivity contribution in [3.05, 3.63) is 36.4 Å². The first-order chi connectivity index (χ1) is 10.3. The van der Waals surface area contributed by atoms with E-state index in [1.165, 1.54) is 0 Å². The second kappa shape index (κ2) is 7.64. The molecule has 0 radical (unpaired) electrons. The summed E-state index contributed by atoms with van der Waals surface area (Å²) in [5, 5.41) is 7.71. The van der Waals surface area contributed by atoms with E-state index in [-0.39, 0.29) is 6.04 Å². The number of hydrogen-bond acceptors (Lipinski definition) is 5. The molecule has 1 atom stereocenters. The zero-order chi connectivity index (χ0) is 15.1. The van der Waals surface area contributed by atoms with E-state index in [1.54, 1.807) is 26.9 Å². The Kier molecular flexibility index (Phi) is 5.57. The molecule has 2 rings (SSSR count). The maximum absolute atomic E-state index is 5.48. The summed E-state index contributed by atoms with van der Waals surface area (Å²) in [6.07, 6.45) is 4.31. The number of nitrogens with zero attached hydrogens (tertiary/aromatic N) is 3. The number of rotatable bonds is 8. The molecule has 1 unspecified atom stereocenters. The highest BCUT2D eigenvalue weighted by atomic mass is 16.5. The van der Waals surface area contributed by atoms with E-state index in [0.717, 1.165) is 30.0 Å². The SMILES string of the molecule is CCCNC(Cn1cncn1)c1cc(OC)ccc1OC. The molecular formula is C15H22N4O2. The van der Waals surface area contributed by atoms with Gasteiger partial charge in [0.15, 0.2) is 0 Å². The first-order valence-corrected chi connectivity index (χ1v) is 7.06. The van der Waals surface area contributed by atoms with Gasteiger partial charge in [-0.05, 0) is 31.2 Å². The van der Waals surface area contributed by atoms with Gasteiger partial charge < -0.3 is 14.8 Å². The molecule has 0 aliphatic rings. The molecule has 0 aliphatic heterocycles. The number of nitrogens with one attached hydrogen (secondary N) is 1. The molecular weight excluding hydrogens is 268 g/mol. The highest BCUT2D eigenvalue weighted by Crippen LogP contribution is 2.30. The van der Waals surface area contributed by atoms with Gasteiger partial charge in [0.1, 0.15) is 24.2 Å². The molecule has 6 nitrogen and oxygen atoms in total. The Balaban J connectivity index is 2.29. The number of hydrogen-bond donors (Lipinski definition) is 1. The van der Waals surface area contributed by atoms with Gasteiger partial charge in [0.2, 0.25) is 0 Å². The van der Waals surface area contributed by atoms with Crippen molar-refractivity contribution >= 4 is 0 Å². The van der Waals surface area contributed by atoms with Crippen LogP contribution in [0.3, 0.4) is 0 Å². The van der Waals surface area contributed by atoms with E-state index in [1.807, 2.05) is 22.9 Å². The van der Waals surface area contributed by atoms with Crippen molar-refractivity contribution in [1.82, 2.24) is 20.1 Å². The van der Waals surface area contributed by atoms with E-state index in [2.05, 4.69) is 22.3 Å². The Morgan fingerprint density at radius 3 is 2.76 bits per heavy atom. The van der Waals surface area contributed by atoms with Crippen LogP contribution in [0, 0.1) is 0 Å². The van der Waals surface area contributed by atoms with Gasteiger partial charge in [-0.2, -0.15) is 5.10 Å². The van der Waals surface area contributed by atoms with Crippen molar-refractivity contribution in [1.29, 1.82) is 0 Å². The van der Waals surface area contributed by atoms with Crippen molar-refractivity contribution in [3.63, 3.8) is 0 Å². The monoisotopic (exact) mass is 290 g/mol. The second-order valence-corrected chi connectivity index (χ2v) is 4.73. The third-order valence-corrected chi connectivity index (χ3v) is 3.29. The van der Waals surface area contributed by atoms with Crippen LogP contribution in [-0.2, 0) is 6.54 Å². The molecule has 1 aromatic heterocycles. The van der Waals surface area contributed by atoms with Crippen molar-refractivity contribution < 1.29 is 9.47 Å². The summed E-state index contributed by atoms with van der Waals surface area (Å²) in [6, 6.07) is 5.91. The van der Waals surface area contributed by atoms with Crippen LogP contribution in [0.2, 0.25) is 0 Å². The van der Waals surface area contributed by atoms with Gasteiger partial charge in [0.25, 0.3) is 0 Å². The minimum atomic E-state index is 0.0803. The summed E-state index contributed by atoms with van der Waals surface area (Å²) in [5.74, 6) is 1.65. The topological polar surface area (TPSA) is 61.2 Å². The quantitative estimate of drug-likeness (QED) is 0.806. The Hall–Kier alpha value is -2.08. The van der Waals surface area contributed by atoms with Crippen molar-refractivity contribution in [2.45, 2.75) is 25.9 Å². The molecule has 0 spiro atoms. The van der Waals surface area contributed by atoms with E-state index in [4.69, 9.17) is 9.47 Å². The van der Waals surface area contributed by atoms with Crippen LogP contribution in [0.5, 0.6) is 11.5 Å². The summed E-state index contributed by atoms with van der Waals surface area (Å²) >= 11 is 0. The maximum atomic E-state index is 5.48. The lowest BCUT2D eigenvalue weighted by atomic mass is 10.0. The highest BCUT2D eigenvalue weighted by molar-refractivity contribution is 5.42. The molecule has 0 bridgehead atoms. The minimum Gasteiger partial charge on any atom is -0.497 e. The molecule has 0 saturated heterocycles. The maximum Gasteiger partial charge on any atom is 0.137 e. The zero-order valence-corrected chi connectivity index (χ0v) is 12.7. The van der Waals surface area contributed by atoms with Gasteiger partial charge in [0.05, 0.1) is 26.8 Å². The Morgan fingerprint density at radius 2 is 2.14 bits per heavy atom. The van der Waals surface area contributed by atoms with Crippen LogP contribution < -0.4 is 14.8 Å². The van der Waals surface area contributed by atoms with E-state index in [9.17, 15) is 0 Å². The molecule has 1 heterocycles. The third kappa shape index (κ3) is 3.95. The summed E-state index contributed by atoms with van der Waals surface area (Å²) in [4.78, 5) is 3.99. The van der Waals surface area contributed by atoms with Crippen molar-refractivity contribution in [2.24, 2.45) is 0 Å². The van der Waals surface area contributed by atoms with Crippen LogP contribution in [0.4, 0.5) is 0 Å². The lowest BCUT2D eigenvalue weighted by molar-refractivity contribution is 0.376. The molecule has 114 valence electrons. The van der Waals surface area contributed by atoms with Gasteiger partial charge in [-0.15, -0.1) is 0 Å². The number of aromatic nitrogens is 3. The van der Waals surface area contributed by atoms with Crippen LogP contribution >= 0.6 is 0 Å². The molecule has 0 aliphatic carbocycles. The zero-order valence-electron chi connectivity index (χ0n) is 12.7. The van der Waals surface area contributed by atoms with Crippen molar-refractivity contribution in [3.8, 4) is 11.5 Å². The Bertz CT molecular complexity index is 543. The summed E-state index contributed by atoms with van der Waals surface area (Å²) in [7, 11) is 3.34. The van der Waals surface area contributed by atoms with Gasteiger partial charge in [-0.3, -0.25) is 4.68 Å². The fraction of sp³-hybridized carbons (Fsp3) is 0.467. The predicted molar refractivity (Wildman–Crippen MR) is 80.6 cm³/mol. The number of ether oxygens (including phenoxy) is 2. The molecule has 21 heavy (non-hydrogen) atoms. The van der Waals surface area contributed by atoms with Gasteiger partial charge >= 0.3 is 0 Å². The highest BCUT2D eigenvalue weighted by Gasteiger charge is 2.17. The number of benzene rings is 1. The van der Waals surface area contributed by atoms with Gasteiger partial charge in [-0.25, -0.2) is 4.98 Å². The molecule has 1 aromatic carbocycles. The average Bonchev–Trinajstić information content (AvgIpc) is 3.03. The first-order valence-electron chi connectivity index (χ1n) is 7.06. The smallest absolute Gasteiger partial charge is 0.137 e. The van der Waals surface area contributed by atoms with Gasteiger partial charge in [0, 0.05) is 5.56 Å². The largest absolute Gasteiger partial charge is 0.497 e. The molecule has 2 aromatic rings. The average molecular weight is 290 g/mol. The fourth-order valence-electron chi connectivity index (χ4n) is 2.22. The lowest BCUT2D eigenvalue weighted by Gasteiger charge is -2.21. The molecule has 0 saturated carbocycles. The van der Waals surface area contributed by atoms with E-state index in [0.29, 0.717) is 6.54 Å². The minimum absolute atomic E-state index is 0.0803. The van der Waals surface area contributed by atoms with Crippen LogP contribution in [0.1, 0.15) is 24.9 Å². The fourth-order valence-corrected chi connectivity index (χ4v) is 2.22.